The Hall–Kier alpha value is -0.980. The van der Waals surface area contributed by atoms with Crippen molar-refractivity contribution in [3.05, 3.63) is 30.1 Å². The number of aliphatic hydroxyl groups is 1. The van der Waals surface area contributed by atoms with Crippen LogP contribution in [0.25, 0.3) is 0 Å². The van der Waals surface area contributed by atoms with Crippen molar-refractivity contribution >= 4 is 10.0 Å². The fourth-order valence-electron chi connectivity index (χ4n) is 1.77. The number of pyridine rings is 1. The predicted octanol–water partition coefficient (Wildman–Crippen LogP) is -0.122. The summed E-state index contributed by atoms with van der Waals surface area (Å²) in [5.41, 5.74) is 0.787. The lowest BCUT2D eigenvalue weighted by atomic mass is 10.1. The second-order valence-electron chi connectivity index (χ2n) is 4.25. The highest BCUT2D eigenvalue weighted by Crippen LogP contribution is 2.19. The fourth-order valence-corrected chi connectivity index (χ4v) is 3.37. The molecule has 0 aromatic carbocycles. The van der Waals surface area contributed by atoms with Crippen molar-refractivity contribution in [3.63, 3.8) is 0 Å². The molecule has 0 radical (unpaired) electrons. The molecule has 1 aliphatic heterocycles. The molecule has 2 heterocycles. The molecule has 0 saturated carbocycles. The first-order valence-electron chi connectivity index (χ1n) is 5.60. The predicted molar refractivity (Wildman–Crippen MR) is 63.9 cm³/mol. The van der Waals surface area contributed by atoms with Crippen LogP contribution in [0.5, 0.6) is 0 Å². The monoisotopic (exact) mass is 256 g/mol. The van der Waals surface area contributed by atoms with Crippen molar-refractivity contribution in [2.45, 2.75) is 6.42 Å². The number of sulfonamides is 1. The average Bonchev–Trinajstić information content (AvgIpc) is 2.26. The number of hydrogen-bond acceptors (Lipinski definition) is 4. The van der Waals surface area contributed by atoms with Gasteiger partial charge in [0.2, 0.25) is 10.0 Å². The number of nitrogens with zero attached hydrogens (tertiary/aromatic N) is 2. The van der Waals surface area contributed by atoms with E-state index < -0.39 is 10.0 Å². The van der Waals surface area contributed by atoms with Gasteiger partial charge in [-0.15, -0.1) is 0 Å². The summed E-state index contributed by atoms with van der Waals surface area (Å²) in [5, 5.41) is 8.85. The van der Waals surface area contributed by atoms with E-state index in [1.165, 1.54) is 4.31 Å². The number of rotatable bonds is 5. The third-order valence-corrected chi connectivity index (χ3v) is 4.72. The highest BCUT2D eigenvalue weighted by molar-refractivity contribution is 7.89. The Bertz CT molecular complexity index is 455. The molecular weight excluding hydrogens is 240 g/mol. The highest BCUT2D eigenvalue weighted by Gasteiger charge is 2.34. The highest BCUT2D eigenvalue weighted by atomic mass is 32.2. The zero-order valence-corrected chi connectivity index (χ0v) is 10.3. The molecule has 1 N–H and O–H groups in total. The van der Waals surface area contributed by atoms with E-state index in [4.69, 9.17) is 5.11 Å². The number of aryl methyl sites for hydroxylation is 1. The van der Waals surface area contributed by atoms with E-state index in [-0.39, 0.29) is 18.3 Å². The van der Waals surface area contributed by atoms with Gasteiger partial charge in [0, 0.05) is 43.9 Å². The molecule has 0 spiro atoms. The summed E-state index contributed by atoms with van der Waals surface area (Å²) in [7, 11) is -3.18. The van der Waals surface area contributed by atoms with Crippen LogP contribution in [0.15, 0.2) is 24.4 Å². The van der Waals surface area contributed by atoms with Gasteiger partial charge in [0.25, 0.3) is 0 Å². The molecule has 0 unspecified atom stereocenters. The molecule has 1 aromatic rings. The van der Waals surface area contributed by atoms with E-state index in [2.05, 4.69) is 4.98 Å². The van der Waals surface area contributed by atoms with Crippen molar-refractivity contribution in [3.8, 4) is 0 Å². The summed E-state index contributed by atoms with van der Waals surface area (Å²) in [6, 6.07) is 5.47. The van der Waals surface area contributed by atoms with E-state index >= 15 is 0 Å². The molecule has 0 amide bonds. The Morgan fingerprint density at radius 3 is 2.76 bits per heavy atom. The second kappa shape index (κ2) is 5.12. The lowest BCUT2D eigenvalue weighted by Crippen LogP contribution is -2.52. The normalized spacial score (nSPS) is 17.9. The van der Waals surface area contributed by atoms with E-state index in [0.29, 0.717) is 19.5 Å². The molecule has 0 bridgehead atoms. The molecule has 1 aromatic heterocycles. The maximum atomic E-state index is 11.9. The minimum Gasteiger partial charge on any atom is -0.396 e. The first-order chi connectivity index (χ1) is 8.12. The van der Waals surface area contributed by atoms with E-state index in [9.17, 15) is 8.42 Å². The third kappa shape index (κ3) is 3.02. The zero-order valence-electron chi connectivity index (χ0n) is 9.49. The van der Waals surface area contributed by atoms with E-state index in [0.717, 1.165) is 5.69 Å². The third-order valence-electron chi connectivity index (χ3n) is 2.92. The Labute approximate surface area is 101 Å². The average molecular weight is 256 g/mol. The molecule has 94 valence electrons. The van der Waals surface area contributed by atoms with Gasteiger partial charge in [-0.3, -0.25) is 4.98 Å². The van der Waals surface area contributed by atoms with Crippen molar-refractivity contribution in [1.82, 2.24) is 9.29 Å². The molecule has 5 nitrogen and oxygen atoms in total. The Morgan fingerprint density at radius 1 is 1.41 bits per heavy atom. The minimum absolute atomic E-state index is 0.0618. The SMILES string of the molecule is O=S(=O)(CCc1ccccn1)N1CC(CO)C1. The van der Waals surface area contributed by atoms with Gasteiger partial charge in [-0.1, -0.05) is 6.07 Å². The van der Waals surface area contributed by atoms with Crippen molar-refractivity contribution in [2.75, 3.05) is 25.4 Å². The van der Waals surface area contributed by atoms with Crippen molar-refractivity contribution in [1.29, 1.82) is 0 Å². The lowest BCUT2D eigenvalue weighted by Gasteiger charge is -2.36. The molecule has 6 heteroatoms. The second-order valence-corrected chi connectivity index (χ2v) is 6.34. The summed E-state index contributed by atoms with van der Waals surface area (Å²) >= 11 is 0. The maximum Gasteiger partial charge on any atom is 0.214 e. The Kier molecular flexibility index (Phi) is 3.76. The van der Waals surface area contributed by atoms with E-state index in [1.807, 2.05) is 12.1 Å². The summed E-state index contributed by atoms with van der Waals surface area (Å²) in [6.07, 6.45) is 2.09. The van der Waals surface area contributed by atoms with Crippen LogP contribution in [-0.2, 0) is 16.4 Å². The molecule has 17 heavy (non-hydrogen) atoms. The first kappa shape index (κ1) is 12.5. The van der Waals surface area contributed by atoms with Gasteiger partial charge in [0.1, 0.15) is 0 Å². The Balaban J connectivity index is 1.87. The largest absolute Gasteiger partial charge is 0.396 e. The number of aliphatic hydroxyl groups excluding tert-OH is 1. The fraction of sp³-hybridized carbons (Fsp3) is 0.545. The van der Waals surface area contributed by atoms with Crippen LogP contribution in [0.1, 0.15) is 5.69 Å². The van der Waals surface area contributed by atoms with Gasteiger partial charge in [0.15, 0.2) is 0 Å². The van der Waals surface area contributed by atoms with Crippen LogP contribution in [0.3, 0.4) is 0 Å². The van der Waals surface area contributed by atoms with Crippen LogP contribution in [0, 0.1) is 5.92 Å². The smallest absolute Gasteiger partial charge is 0.214 e. The topological polar surface area (TPSA) is 70.5 Å². The molecule has 2 rings (SSSR count). The molecule has 0 atom stereocenters. The van der Waals surface area contributed by atoms with Gasteiger partial charge in [0.05, 0.1) is 5.75 Å². The van der Waals surface area contributed by atoms with Gasteiger partial charge in [-0.2, -0.15) is 0 Å². The molecule has 1 fully saturated rings. The summed E-state index contributed by atoms with van der Waals surface area (Å²) in [5.74, 6) is 0.196. The van der Waals surface area contributed by atoms with Gasteiger partial charge in [-0.25, -0.2) is 12.7 Å². The molecule has 1 aliphatic rings. The number of aromatic nitrogens is 1. The van der Waals surface area contributed by atoms with Gasteiger partial charge in [-0.05, 0) is 12.1 Å². The quantitative estimate of drug-likeness (QED) is 0.797. The van der Waals surface area contributed by atoms with Crippen molar-refractivity contribution in [2.24, 2.45) is 5.92 Å². The van der Waals surface area contributed by atoms with Gasteiger partial charge < -0.3 is 5.11 Å². The minimum atomic E-state index is -3.18. The summed E-state index contributed by atoms with van der Waals surface area (Å²) in [6.45, 7) is 0.953. The first-order valence-corrected chi connectivity index (χ1v) is 7.21. The zero-order chi connectivity index (χ0) is 12.3. The van der Waals surface area contributed by atoms with Crippen LogP contribution >= 0.6 is 0 Å². The van der Waals surface area contributed by atoms with Crippen LogP contribution in [0.2, 0.25) is 0 Å². The van der Waals surface area contributed by atoms with Gasteiger partial charge >= 0.3 is 0 Å². The summed E-state index contributed by atoms with van der Waals surface area (Å²) < 4.78 is 25.2. The lowest BCUT2D eigenvalue weighted by molar-refractivity contribution is 0.117. The summed E-state index contributed by atoms with van der Waals surface area (Å²) in [4.78, 5) is 4.09. The van der Waals surface area contributed by atoms with E-state index in [1.54, 1.807) is 12.3 Å². The van der Waals surface area contributed by atoms with Crippen LogP contribution in [-0.4, -0.2) is 48.3 Å². The molecular formula is C11H16N2O3S. The molecule has 1 saturated heterocycles. The maximum absolute atomic E-state index is 11.9. The number of hydrogen-bond donors (Lipinski definition) is 1. The standard InChI is InChI=1S/C11H16N2O3S/c14-9-10-7-13(8-10)17(15,16)6-4-11-3-1-2-5-12-11/h1-3,5,10,14H,4,6-9H2. The van der Waals surface area contributed by atoms with Crippen LogP contribution < -0.4 is 0 Å². The molecule has 0 aliphatic carbocycles. The van der Waals surface area contributed by atoms with Crippen molar-refractivity contribution < 1.29 is 13.5 Å². The van der Waals surface area contributed by atoms with Crippen LogP contribution in [0.4, 0.5) is 0 Å². The Morgan fingerprint density at radius 2 is 2.18 bits per heavy atom.